The van der Waals surface area contributed by atoms with Crippen molar-refractivity contribution < 1.29 is 0 Å². The van der Waals surface area contributed by atoms with E-state index in [2.05, 4.69) is 257 Å². The van der Waals surface area contributed by atoms with Gasteiger partial charge in [0.25, 0.3) is 0 Å². The van der Waals surface area contributed by atoms with Crippen LogP contribution in [0.15, 0.2) is 237 Å². The summed E-state index contributed by atoms with van der Waals surface area (Å²) in [6, 6.07) is 88.7. The molecule has 0 bridgehead atoms. The molecule has 0 radical (unpaired) electrons. The second kappa shape index (κ2) is 15.5. The summed E-state index contributed by atoms with van der Waals surface area (Å²) < 4.78 is 0. The van der Waals surface area contributed by atoms with Crippen molar-refractivity contribution in [2.24, 2.45) is 0 Å². The molecule has 0 N–H and O–H groups in total. The van der Waals surface area contributed by atoms with Gasteiger partial charge in [0.2, 0.25) is 0 Å². The van der Waals surface area contributed by atoms with Crippen molar-refractivity contribution in [1.29, 1.82) is 0 Å². The van der Waals surface area contributed by atoms with Crippen LogP contribution in [0.5, 0.6) is 0 Å². The Labute approximate surface area is 409 Å². The molecule has 328 valence electrons. The Kier molecular flexibility index (Phi) is 8.95. The largest absolute Gasteiger partial charge is 0.0622 e. The van der Waals surface area contributed by atoms with Crippen LogP contribution in [0, 0.1) is 0 Å². The Hall–Kier alpha value is -8.58. The van der Waals surface area contributed by atoms with Crippen LogP contribution in [-0.4, -0.2) is 0 Å². The highest BCUT2D eigenvalue weighted by Gasteiger charge is 2.38. The van der Waals surface area contributed by atoms with Crippen LogP contribution in [0.2, 0.25) is 0 Å². The molecule has 2 aliphatic rings. The molecule has 12 aromatic rings. The molecule has 0 spiro atoms. The summed E-state index contributed by atoms with van der Waals surface area (Å²) >= 11 is 0. The minimum atomic E-state index is -0.0252. The Bertz CT molecular complexity index is 3930. The Balaban J connectivity index is 1.20. The van der Waals surface area contributed by atoms with Crippen LogP contribution in [0.4, 0.5) is 0 Å². The summed E-state index contributed by atoms with van der Waals surface area (Å²) in [6.45, 7) is 6.99. The Morgan fingerprint density at radius 2 is 0.500 bits per heavy atom. The first-order valence-electron chi connectivity index (χ1n) is 24.7. The molecule has 0 fully saturated rings. The van der Waals surface area contributed by atoms with Gasteiger partial charge in [-0.25, -0.2) is 0 Å². The molecule has 0 amide bonds. The molecule has 0 unspecified atom stereocenters. The van der Waals surface area contributed by atoms with Crippen molar-refractivity contribution in [3.63, 3.8) is 0 Å². The zero-order chi connectivity index (χ0) is 46.7. The van der Waals surface area contributed by atoms with Crippen molar-refractivity contribution in [3.05, 3.63) is 242 Å². The fourth-order valence-electron chi connectivity index (χ4n) is 12.3. The van der Waals surface area contributed by atoms with Crippen molar-refractivity contribution >= 4 is 32.3 Å². The van der Waals surface area contributed by atoms with E-state index in [0.717, 1.165) is 0 Å². The molecule has 2 aliphatic carbocycles. The highest BCUT2D eigenvalue weighted by atomic mass is 14.4. The molecule has 0 nitrogen and oxygen atoms in total. The summed E-state index contributed by atoms with van der Waals surface area (Å²) in [5.74, 6) is 0. The molecule has 0 aliphatic heterocycles. The predicted molar refractivity (Wildman–Crippen MR) is 299 cm³/mol. The SMILES string of the molecule is CC(C)(C)c1ccc2c(-c3ccccc3)c3c(c(-c4ccccc4)c2c1)-c1ccc2c4c(ccc-3c14)-c1c-2c(-c2ccccc2)c2c(-c3ccccc3)ccc(-c3ccccc3)c2c1-c1ccccc1. The van der Waals surface area contributed by atoms with Crippen molar-refractivity contribution in [1.82, 2.24) is 0 Å². The van der Waals surface area contributed by atoms with E-state index in [1.807, 2.05) is 0 Å². The highest BCUT2D eigenvalue weighted by Crippen LogP contribution is 2.65. The summed E-state index contributed by atoms with van der Waals surface area (Å²) in [5, 5.41) is 7.81. The highest BCUT2D eigenvalue weighted by molar-refractivity contribution is 6.36. The summed E-state index contributed by atoms with van der Waals surface area (Å²) in [7, 11) is 0. The Morgan fingerprint density at radius 3 is 0.843 bits per heavy atom. The van der Waals surface area contributed by atoms with E-state index in [-0.39, 0.29) is 5.41 Å². The number of fused-ring (bicyclic) bond motifs is 8. The third-order valence-electron chi connectivity index (χ3n) is 15.3. The van der Waals surface area contributed by atoms with Gasteiger partial charge in [-0.2, -0.15) is 0 Å². The maximum atomic E-state index is 2.50. The molecule has 0 saturated heterocycles. The Morgan fingerprint density at radius 1 is 0.214 bits per heavy atom. The van der Waals surface area contributed by atoms with Crippen LogP contribution >= 0.6 is 0 Å². The van der Waals surface area contributed by atoms with Gasteiger partial charge in [0, 0.05) is 0 Å². The van der Waals surface area contributed by atoms with Gasteiger partial charge < -0.3 is 0 Å². The minimum Gasteiger partial charge on any atom is -0.0622 e. The van der Waals surface area contributed by atoms with Crippen molar-refractivity contribution in [2.45, 2.75) is 26.2 Å². The van der Waals surface area contributed by atoms with Crippen LogP contribution in [0.3, 0.4) is 0 Å². The number of hydrogen-bond acceptors (Lipinski definition) is 0. The molecule has 0 heteroatoms. The quantitative estimate of drug-likeness (QED) is 0.156. The van der Waals surface area contributed by atoms with Crippen LogP contribution in [0.1, 0.15) is 26.3 Å². The van der Waals surface area contributed by atoms with Gasteiger partial charge in [-0.15, -0.1) is 0 Å². The lowest BCUT2D eigenvalue weighted by molar-refractivity contribution is 0.591. The zero-order valence-corrected chi connectivity index (χ0v) is 39.5. The average Bonchev–Trinajstić information content (AvgIpc) is 3.92. The average molecular weight is 889 g/mol. The van der Waals surface area contributed by atoms with Gasteiger partial charge in [-0.3, -0.25) is 0 Å². The lowest BCUT2D eigenvalue weighted by Crippen LogP contribution is -2.10. The molecule has 0 aromatic heterocycles. The lowest BCUT2D eigenvalue weighted by Gasteiger charge is -2.25. The van der Waals surface area contributed by atoms with Crippen LogP contribution in [0.25, 0.3) is 144 Å². The second-order valence-corrected chi connectivity index (χ2v) is 20.2. The molecular weight excluding hydrogens is 841 g/mol. The van der Waals surface area contributed by atoms with E-state index < -0.39 is 0 Å². The van der Waals surface area contributed by atoms with Gasteiger partial charge in [0.15, 0.2) is 0 Å². The maximum Gasteiger partial charge on any atom is -0.000717 e. The fraction of sp³-hybridized carbons (Fsp3) is 0.0571. The summed E-state index contributed by atoms with van der Waals surface area (Å²) in [6.07, 6.45) is 0. The number of benzene rings is 12. The molecule has 0 saturated carbocycles. The van der Waals surface area contributed by atoms with Crippen molar-refractivity contribution in [2.75, 3.05) is 0 Å². The van der Waals surface area contributed by atoms with Gasteiger partial charge in [-0.05, 0) is 161 Å². The normalized spacial score (nSPS) is 12.2. The standard InChI is InChI=1S/C70H48/c1-70(2,3)49-34-35-52-57(42-49)59(46-28-16-7-17-29-46)67-54-39-41-56-63-55(40-38-53(62(54)63)66(67)58(52)45-26-14-6-15-27-45)68-60(47-30-18-8-19-31-47)64-50(43-22-10-4-11-23-43)36-37-51(44-24-12-5-13-25-44)65(64)61(69(56)68)48-32-20-9-21-33-48/h4-42H,1-3H3. The first-order chi connectivity index (χ1) is 34.4. The lowest BCUT2D eigenvalue weighted by atomic mass is 9.78. The first-order valence-corrected chi connectivity index (χ1v) is 24.7. The molecule has 12 aromatic carbocycles. The predicted octanol–water partition coefficient (Wildman–Crippen LogP) is 19.7. The smallest absolute Gasteiger partial charge is 0.000717 e. The van der Waals surface area contributed by atoms with Crippen molar-refractivity contribution in [3.8, 4) is 111 Å². The fourth-order valence-corrected chi connectivity index (χ4v) is 12.3. The van der Waals surface area contributed by atoms with E-state index in [1.54, 1.807) is 0 Å². The number of rotatable bonds is 6. The number of hydrogen-bond donors (Lipinski definition) is 0. The third kappa shape index (κ3) is 5.90. The van der Waals surface area contributed by atoms with Gasteiger partial charge in [-0.1, -0.05) is 251 Å². The molecule has 70 heavy (non-hydrogen) atoms. The maximum absolute atomic E-state index is 2.50. The minimum absolute atomic E-state index is 0.0252. The van der Waals surface area contributed by atoms with E-state index in [9.17, 15) is 0 Å². The molecule has 0 atom stereocenters. The first kappa shape index (κ1) is 40.5. The van der Waals surface area contributed by atoms with E-state index in [0.29, 0.717) is 0 Å². The second-order valence-electron chi connectivity index (χ2n) is 20.2. The summed E-state index contributed by atoms with van der Waals surface area (Å²) in [4.78, 5) is 0. The van der Waals surface area contributed by atoms with Gasteiger partial charge >= 0.3 is 0 Å². The van der Waals surface area contributed by atoms with Gasteiger partial charge in [0.05, 0.1) is 0 Å². The summed E-state index contributed by atoms with van der Waals surface area (Å²) in [5.41, 5.74) is 26.7. The van der Waals surface area contributed by atoms with E-state index in [1.165, 1.54) is 149 Å². The van der Waals surface area contributed by atoms with E-state index in [4.69, 9.17) is 0 Å². The molecular formula is C70H48. The topological polar surface area (TPSA) is 0 Å². The van der Waals surface area contributed by atoms with Gasteiger partial charge in [0.1, 0.15) is 0 Å². The molecule has 14 rings (SSSR count). The van der Waals surface area contributed by atoms with Crippen LogP contribution in [-0.2, 0) is 5.41 Å². The monoisotopic (exact) mass is 888 g/mol. The van der Waals surface area contributed by atoms with E-state index >= 15 is 0 Å². The third-order valence-corrected chi connectivity index (χ3v) is 15.3. The van der Waals surface area contributed by atoms with Crippen LogP contribution < -0.4 is 0 Å². The molecule has 0 heterocycles. The zero-order valence-electron chi connectivity index (χ0n) is 39.5.